The highest BCUT2D eigenvalue weighted by Gasteiger charge is 2.25. The largest absolute Gasteiger partial charge is 0.460 e. The average Bonchev–Trinajstić information content (AvgIpc) is 2.36. The first-order valence-electron chi connectivity index (χ1n) is 7.53. The van der Waals surface area contributed by atoms with E-state index < -0.39 is 23.2 Å². The number of carbonyl (C=O) groups excluding carboxylic acids is 1. The summed E-state index contributed by atoms with van der Waals surface area (Å²) in [5.74, 6) is -1.80. The van der Waals surface area contributed by atoms with Crippen LogP contribution in [0.15, 0.2) is 12.1 Å². The smallest absolute Gasteiger partial charge is 0.310 e. The second-order valence-corrected chi connectivity index (χ2v) is 6.61. The zero-order valence-electron chi connectivity index (χ0n) is 13.2. The van der Waals surface area contributed by atoms with Gasteiger partial charge in [-0.15, -0.1) is 0 Å². The molecule has 5 heteroatoms. The van der Waals surface area contributed by atoms with Crippen molar-refractivity contribution in [2.45, 2.75) is 51.6 Å². The van der Waals surface area contributed by atoms with E-state index in [0.717, 1.165) is 6.07 Å². The molecule has 0 atom stereocenters. The fourth-order valence-corrected chi connectivity index (χ4v) is 2.76. The molecule has 0 bridgehead atoms. The number of benzene rings is 1. The van der Waals surface area contributed by atoms with Crippen molar-refractivity contribution in [3.8, 4) is 0 Å². The summed E-state index contributed by atoms with van der Waals surface area (Å²) in [6.07, 6.45) is 1.21. The number of carbonyl (C=O) groups is 1. The molecule has 1 aromatic carbocycles. The molecular weight excluding hydrogens is 290 g/mol. The van der Waals surface area contributed by atoms with Crippen molar-refractivity contribution in [2.75, 3.05) is 13.2 Å². The third-order valence-corrected chi connectivity index (χ3v) is 3.56. The summed E-state index contributed by atoms with van der Waals surface area (Å²) in [5.41, 5.74) is 0.177. The summed E-state index contributed by atoms with van der Waals surface area (Å²) in [7, 11) is 0. The van der Waals surface area contributed by atoms with Crippen molar-refractivity contribution in [1.29, 1.82) is 0 Å². The first-order chi connectivity index (χ1) is 10.3. The number of hydrogen-bond donors (Lipinski definition) is 0. The van der Waals surface area contributed by atoms with Crippen LogP contribution in [0.5, 0.6) is 0 Å². The van der Waals surface area contributed by atoms with E-state index in [4.69, 9.17) is 9.47 Å². The van der Waals surface area contributed by atoms with Crippen molar-refractivity contribution in [2.24, 2.45) is 0 Å². The van der Waals surface area contributed by atoms with Gasteiger partial charge in [-0.25, -0.2) is 8.78 Å². The maximum Gasteiger partial charge on any atom is 0.310 e. The highest BCUT2D eigenvalue weighted by atomic mass is 19.1. The van der Waals surface area contributed by atoms with E-state index in [9.17, 15) is 13.6 Å². The Kier molecular flexibility index (Phi) is 5.16. The number of ether oxygens (including phenoxy) is 2. The van der Waals surface area contributed by atoms with Crippen LogP contribution in [0.1, 0.15) is 50.7 Å². The zero-order valence-corrected chi connectivity index (χ0v) is 13.2. The minimum Gasteiger partial charge on any atom is -0.460 e. The van der Waals surface area contributed by atoms with Gasteiger partial charge in [-0.2, -0.15) is 0 Å². The standard InChI is InChI=1S/C17H22F2O3/c1-17(2,3)22-15(20)9-12-8-13(18)10-14(19)16(12)11-4-6-21-7-5-11/h8,10-11H,4-7,9H2,1-3H3. The third-order valence-electron chi connectivity index (χ3n) is 3.56. The van der Waals surface area contributed by atoms with Gasteiger partial charge in [-0.05, 0) is 56.7 Å². The van der Waals surface area contributed by atoms with Gasteiger partial charge in [-0.1, -0.05) is 0 Å². The SMILES string of the molecule is CC(C)(C)OC(=O)Cc1cc(F)cc(F)c1C1CCOCC1. The molecule has 0 radical (unpaired) electrons. The van der Waals surface area contributed by atoms with Gasteiger partial charge in [0.1, 0.15) is 17.2 Å². The molecule has 122 valence electrons. The zero-order chi connectivity index (χ0) is 16.3. The highest BCUT2D eigenvalue weighted by Crippen LogP contribution is 2.32. The van der Waals surface area contributed by atoms with Crippen LogP contribution >= 0.6 is 0 Å². The monoisotopic (exact) mass is 312 g/mol. The summed E-state index contributed by atoms with van der Waals surface area (Å²) in [6, 6.07) is 2.11. The van der Waals surface area contributed by atoms with Crippen LogP contribution < -0.4 is 0 Å². The lowest BCUT2D eigenvalue weighted by Crippen LogP contribution is -2.26. The molecule has 0 spiro atoms. The lowest BCUT2D eigenvalue weighted by atomic mass is 9.86. The molecule has 1 fully saturated rings. The summed E-state index contributed by atoms with van der Waals surface area (Å²) in [5, 5.41) is 0. The Hall–Kier alpha value is -1.49. The average molecular weight is 312 g/mol. The predicted octanol–water partition coefficient (Wildman–Crippen LogP) is 3.74. The molecule has 0 aromatic heterocycles. The topological polar surface area (TPSA) is 35.5 Å². The van der Waals surface area contributed by atoms with E-state index in [1.807, 2.05) is 0 Å². The van der Waals surface area contributed by atoms with Crippen LogP contribution in [0.3, 0.4) is 0 Å². The Labute approximate surface area is 129 Å². The van der Waals surface area contributed by atoms with Crippen molar-refractivity contribution in [3.63, 3.8) is 0 Å². The second-order valence-electron chi connectivity index (χ2n) is 6.61. The number of halogens is 2. The van der Waals surface area contributed by atoms with Crippen molar-refractivity contribution < 1.29 is 23.0 Å². The number of rotatable bonds is 3. The second kappa shape index (κ2) is 6.73. The van der Waals surface area contributed by atoms with Gasteiger partial charge in [0, 0.05) is 19.3 Å². The lowest BCUT2D eigenvalue weighted by Gasteiger charge is -2.25. The Morgan fingerprint density at radius 3 is 2.50 bits per heavy atom. The minimum absolute atomic E-state index is 0.0493. The van der Waals surface area contributed by atoms with Crippen LogP contribution in [-0.4, -0.2) is 24.8 Å². The molecule has 3 nitrogen and oxygen atoms in total. The van der Waals surface area contributed by atoms with Gasteiger partial charge in [0.25, 0.3) is 0 Å². The fraction of sp³-hybridized carbons (Fsp3) is 0.588. The number of esters is 1. The molecule has 0 N–H and O–H groups in total. The lowest BCUT2D eigenvalue weighted by molar-refractivity contribution is -0.153. The Bertz CT molecular complexity index is 544. The maximum atomic E-state index is 14.3. The Morgan fingerprint density at radius 1 is 1.27 bits per heavy atom. The van der Waals surface area contributed by atoms with Gasteiger partial charge in [0.2, 0.25) is 0 Å². The summed E-state index contributed by atoms with van der Waals surface area (Å²) in [4.78, 5) is 12.0. The van der Waals surface area contributed by atoms with Gasteiger partial charge < -0.3 is 9.47 Å². The van der Waals surface area contributed by atoms with Crippen LogP contribution in [0, 0.1) is 11.6 Å². The molecule has 1 aliphatic heterocycles. The molecule has 2 rings (SSSR count). The van der Waals surface area contributed by atoms with Gasteiger partial charge in [0.15, 0.2) is 0 Å². The van der Waals surface area contributed by atoms with E-state index in [2.05, 4.69) is 0 Å². The molecule has 0 amide bonds. The van der Waals surface area contributed by atoms with Crippen molar-refractivity contribution in [1.82, 2.24) is 0 Å². The Balaban J connectivity index is 2.27. The van der Waals surface area contributed by atoms with E-state index >= 15 is 0 Å². The molecule has 0 aliphatic carbocycles. The molecule has 1 aliphatic rings. The first-order valence-corrected chi connectivity index (χ1v) is 7.53. The quantitative estimate of drug-likeness (QED) is 0.798. The summed E-state index contributed by atoms with van der Waals surface area (Å²) >= 11 is 0. The van der Waals surface area contributed by atoms with Gasteiger partial charge >= 0.3 is 5.97 Å². The predicted molar refractivity (Wildman–Crippen MR) is 78.7 cm³/mol. The molecule has 0 saturated carbocycles. The maximum absolute atomic E-state index is 14.3. The van der Waals surface area contributed by atoms with E-state index in [-0.39, 0.29) is 12.3 Å². The van der Waals surface area contributed by atoms with Gasteiger partial charge in [-0.3, -0.25) is 4.79 Å². The molecule has 1 aromatic rings. The van der Waals surface area contributed by atoms with Crippen LogP contribution in [0.2, 0.25) is 0 Å². The normalized spacial score (nSPS) is 16.6. The molecular formula is C17H22F2O3. The molecule has 1 heterocycles. The number of hydrogen-bond acceptors (Lipinski definition) is 3. The molecule has 0 unspecified atom stereocenters. The Morgan fingerprint density at radius 2 is 1.91 bits per heavy atom. The fourth-order valence-electron chi connectivity index (χ4n) is 2.76. The van der Waals surface area contributed by atoms with Crippen molar-refractivity contribution >= 4 is 5.97 Å². The van der Waals surface area contributed by atoms with Crippen LogP contribution in [0.25, 0.3) is 0 Å². The minimum atomic E-state index is -0.674. The third kappa shape index (κ3) is 4.50. The van der Waals surface area contributed by atoms with Crippen LogP contribution in [-0.2, 0) is 20.7 Å². The summed E-state index contributed by atoms with van der Waals surface area (Å²) in [6.45, 7) is 6.38. The highest BCUT2D eigenvalue weighted by molar-refractivity contribution is 5.73. The van der Waals surface area contributed by atoms with Crippen molar-refractivity contribution in [3.05, 3.63) is 34.9 Å². The van der Waals surface area contributed by atoms with Gasteiger partial charge in [0.05, 0.1) is 6.42 Å². The summed E-state index contributed by atoms with van der Waals surface area (Å²) < 4.78 is 38.3. The van der Waals surface area contributed by atoms with E-state index in [1.165, 1.54) is 6.07 Å². The van der Waals surface area contributed by atoms with E-state index in [0.29, 0.717) is 37.2 Å². The van der Waals surface area contributed by atoms with Crippen LogP contribution in [0.4, 0.5) is 8.78 Å². The van der Waals surface area contributed by atoms with E-state index in [1.54, 1.807) is 20.8 Å². The molecule has 1 saturated heterocycles. The molecule has 22 heavy (non-hydrogen) atoms. The first kappa shape index (κ1) is 16.9.